The van der Waals surface area contributed by atoms with Crippen molar-refractivity contribution >= 4 is 45.0 Å². The zero-order chi connectivity index (χ0) is 21.5. The maximum absolute atomic E-state index is 12.8. The van der Waals surface area contributed by atoms with Gasteiger partial charge in [0.1, 0.15) is 0 Å². The van der Waals surface area contributed by atoms with Crippen molar-refractivity contribution in [2.75, 3.05) is 11.9 Å². The van der Waals surface area contributed by atoms with Crippen LogP contribution in [0.25, 0.3) is 0 Å². The van der Waals surface area contributed by atoms with E-state index < -0.39 is 0 Å². The molecule has 30 heavy (non-hydrogen) atoms. The van der Waals surface area contributed by atoms with Crippen molar-refractivity contribution in [3.8, 4) is 0 Å². The van der Waals surface area contributed by atoms with Gasteiger partial charge in [0.25, 0.3) is 5.91 Å². The van der Waals surface area contributed by atoms with Crippen LogP contribution in [0.2, 0.25) is 5.02 Å². The highest BCUT2D eigenvalue weighted by molar-refractivity contribution is 9.10. The number of halogens is 2. The van der Waals surface area contributed by atoms with Crippen LogP contribution in [-0.4, -0.2) is 18.4 Å². The van der Waals surface area contributed by atoms with E-state index in [4.69, 9.17) is 17.4 Å². The van der Waals surface area contributed by atoms with E-state index in [-0.39, 0.29) is 24.4 Å². The van der Waals surface area contributed by atoms with Crippen LogP contribution in [0, 0.1) is 0 Å². The van der Waals surface area contributed by atoms with Gasteiger partial charge in [0, 0.05) is 20.7 Å². The van der Waals surface area contributed by atoms with Crippen LogP contribution in [-0.2, 0) is 4.79 Å². The first-order valence-corrected chi connectivity index (χ1v) is 10.3. The van der Waals surface area contributed by atoms with Gasteiger partial charge in [0.15, 0.2) is 0 Å². The lowest BCUT2D eigenvalue weighted by Crippen LogP contribution is -2.39. The molecule has 3 aromatic carbocycles. The van der Waals surface area contributed by atoms with E-state index in [0.717, 1.165) is 15.6 Å². The molecule has 0 aromatic heterocycles. The summed E-state index contributed by atoms with van der Waals surface area (Å²) in [6, 6.07) is 21.5. The topological polar surface area (TPSA) is 96.2 Å². The lowest BCUT2D eigenvalue weighted by Gasteiger charge is -2.23. The number of hydrazine groups is 1. The minimum atomic E-state index is -0.365. The summed E-state index contributed by atoms with van der Waals surface area (Å²) in [5.41, 5.74) is 4.89. The summed E-state index contributed by atoms with van der Waals surface area (Å²) in [4.78, 5) is 24.5. The monoisotopic (exact) mass is 486 g/mol. The molecule has 0 fully saturated rings. The predicted octanol–water partition coefficient (Wildman–Crippen LogP) is 4.02. The standard InChI is InChI=1S/C22H20BrClN4O2/c23-16-9-10-19(27-22(30)15-7-4-8-17(24)11-15)18(12-16)21(26-13-20(29)28-25)14-5-2-1-3-6-14/h1-12,21,26H,13,25H2,(H,27,30)(H,28,29)/t21-/m1/s1. The van der Waals surface area contributed by atoms with Crippen LogP contribution in [0.1, 0.15) is 27.5 Å². The molecule has 0 aliphatic rings. The number of carbonyl (C=O) groups excluding carboxylic acids is 2. The fourth-order valence-electron chi connectivity index (χ4n) is 3.01. The number of carbonyl (C=O) groups is 2. The number of hydrogen-bond acceptors (Lipinski definition) is 4. The van der Waals surface area contributed by atoms with E-state index in [1.54, 1.807) is 24.3 Å². The minimum absolute atomic E-state index is 0.00422. The first-order valence-electron chi connectivity index (χ1n) is 9.12. The Morgan fingerprint density at radius 3 is 2.47 bits per heavy atom. The summed E-state index contributed by atoms with van der Waals surface area (Å²) in [6.07, 6.45) is 0. The average Bonchev–Trinajstić information content (AvgIpc) is 2.76. The Labute approximate surface area is 187 Å². The number of rotatable bonds is 7. The smallest absolute Gasteiger partial charge is 0.255 e. The molecule has 1 atom stereocenters. The Balaban J connectivity index is 1.97. The molecule has 0 spiro atoms. The maximum Gasteiger partial charge on any atom is 0.255 e. The summed E-state index contributed by atoms with van der Waals surface area (Å²) in [5, 5.41) is 6.64. The van der Waals surface area contributed by atoms with Gasteiger partial charge >= 0.3 is 0 Å². The second-order valence-corrected chi connectivity index (χ2v) is 7.84. The van der Waals surface area contributed by atoms with Crippen molar-refractivity contribution in [1.82, 2.24) is 10.7 Å². The van der Waals surface area contributed by atoms with E-state index in [0.29, 0.717) is 16.3 Å². The molecule has 0 unspecified atom stereocenters. The number of amides is 2. The van der Waals surface area contributed by atoms with Gasteiger partial charge < -0.3 is 5.32 Å². The normalized spacial score (nSPS) is 11.6. The van der Waals surface area contributed by atoms with Crippen LogP contribution in [0.15, 0.2) is 77.3 Å². The van der Waals surface area contributed by atoms with Gasteiger partial charge in [-0.2, -0.15) is 0 Å². The van der Waals surface area contributed by atoms with E-state index in [1.807, 2.05) is 48.5 Å². The van der Waals surface area contributed by atoms with Gasteiger partial charge in [0.05, 0.1) is 12.6 Å². The SMILES string of the molecule is NNC(=O)CN[C@H](c1ccccc1)c1cc(Br)ccc1NC(=O)c1cccc(Cl)c1. The van der Waals surface area contributed by atoms with Crippen molar-refractivity contribution in [3.05, 3.63) is 99.0 Å². The van der Waals surface area contributed by atoms with Crippen LogP contribution in [0.5, 0.6) is 0 Å². The molecule has 6 nitrogen and oxygen atoms in total. The highest BCUT2D eigenvalue weighted by Crippen LogP contribution is 2.31. The fraction of sp³-hybridized carbons (Fsp3) is 0.0909. The van der Waals surface area contributed by atoms with E-state index in [2.05, 4.69) is 32.0 Å². The molecule has 0 radical (unpaired) electrons. The molecule has 2 amide bonds. The quantitative estimate of drug-likeness (QED) is 0.230. The Hall–Kier alpha value is -2.71. The van der Waals surface area contributed by atoms with Gasteiger partial charge in [-0.25, -0.2) is 5.84 Å². The van der Waals surface area contributed by atoms with E-state index >= 15 is 0 Å². The molecule has 3 aromatic rings. The van der Waals surface area contributed by atoms with Gasteiger partial charge in [-0.1, -0.05) is 63.9 Å². The van der Waals surface area contributed by atoms with E-state index in [1.165, 1.54) is 0 Å². The molecule has 0 bridgehead atoms. The Bertz CT molecular complexity index is 1050. The third-order valence-corrected chi connectivity index (χ3v) is 5.15. The lowest BCUT2D eigenvalue weighted by molar-refractivity contribution is -0.120. The number of benzene rings is 3. The molecular weight excluding hydrogens is 468 g/mol. The van der Waals surface area contributed by atoms with Crippen LogP contribution < -0.4 is 21.9 Å². The Morgan fingerprint density at radius 2 is 1.77 bits per heavy atom. The molecule has 8 heteroatoms. The summed E-state index contributed by atoms with van der Waals surface area (Å²) in [7, 11) is 0. The maximum atomic E-state index is 12.8. The zero-order valence-corrected chi connectivity index (χ0v) is 18.2. The first kappa shape index (κ1) is 22.0. The number of nitrogens with two attached hydrogens (primary N) is 1. The predicted molar refractivity (Wildman–Crippen MR) is 122 cm³/mol. The molecular formula is C22H20BrClN4O2. The zero-order valence-electron chi connectivity index (χ0n) is 15.9. The fourth-order valence-corrected chi connectivity index (χ4v) is 3.58. The van der Waals surface area contributed by atoms with Crippen LogP contribution in [0.3, 0.4) is 0 Å². The molecule has 0 aliphatic carbocycles. The van der Waals surface area contributed by atoms with Crippen molar-refractivity contribution in [2.45, 2.75) is 6.04 Å². The highest BCUT2D eigenvalue weighted by Gasteiger charge is 2.20. The first-order chi connectivity index (χ1) is 14.5. The van der Waals surface area contributed by atoms with Gasteiger partial charge in [-0.15, -0.1) is 0 Å². The second-order valence-electron chi connectivity index (χ2n) is 6.49. The molecule has 0 heterocycles. The number of hydrogen-bond donors (Lipinski definition) is 4. The number of anilines is 1. The molecule has 0 aliphatic heterocycles. The van der Waals surface area contributed by atoms with Crippen molar-refractivity contribution in [2.24, 2.45) is 5.84 Å². The third-order valence-electron chi connectivity index (χ3n) is 4.42. The molecule has 3 rings (SSSR count). The van der Waals surface area contributed by atoms with Gasteiger partial charge in [-0.3, -0.25) is 20.3 Å². The van der Waals surface area contributed by atoms with Crippen molar-refractivity contribution in [1.29, 1.82) is 0 Å². The van der Waals surface area contributed by atoms with Crippen LogP contribution >= 0.6 is 27.5 Å². The summed E-state index contributed by atoms with van der Waals surface area (Å²) in [5.74, 6) is 4.58. The average molecular weight is 488 g/mol. The Morgan fingerprint density at radius 1 is 1.00 bits per heavy atom. The van der Waals surface area contributed by atoms with E-state index in [9.17, 15) is 9.59 Å². The number of nitrogens with one attached hydrogen (secondary N) is 3. The van der Waals surface area contributed by atoms with Gasteiger partial charge in [-0.05, 0) is 47.5 Å². The molecule has 0 saturated heterocycles. The molecule has 154 valence electrons. The van der Waals surface area contributed by atoms with Gasteiger partial charge in [0.2, 0.25) is 5.91 Å². The highest BCUT2D eigenvalue weighted by atomic mass is 79.9. The summed E-state index contributed by atoms with van der Waals surface area (Å²) < 4.78 is 0.837. The van der Waals surface area contributed by atoms with Crippen molar-refractivity contribution in [3.63, 3.8) is 0 Å². The minimum Gasteiger partial charge on any atom is -0.322 e. The molecule has 0 saturated carbocycles. The second kappa shape index (κ2) is 10.4. The summed E-state index contributed by atoms with van der Waals surface area (Å²) >= 11 is 9.51. The lowest BCUT2D eigenvalue weighted by atomic mass is 9.96. The Kier molecular flexibility index (Phi) is 7.59. The summed E-state index contributed by atoms with van der Waals surface area (Å²) in [6.45, 7) is 0.00422. The van der Waals surface area contributed by atoms with Crippen LogP contribution in [0.4, 0.5) is 5.69 Å². The van der Waals surface area contributed by atoms with Crippen molar-refractivity contribution < 1.29 is 9.59 Å². The molecule has 5 N–H and O–H groups in total. The largest absolute Gasteiger partial charge is 0.322 e. The third kappa shape index (κ3) is 5.67.